The zero-order valence-corrected chi connectivity index (χ0v) is 13.2. The molecule has 3 rings (SSSR count). The van der Waals surface area contributed by atoms with Gasteiger partial charge in [-0.25, -0.2) is 0 Å². The molecule has 1 N–H and O–H groups in total. The highest BCUT2D eigenvalue weighted by molar-refractivity contribution is 5.97. The molecule has 1 aromatic rings. The second kappa shape index (κ2) is 6.45. The average Bonchev–Trinajstić information content (AvgIpc) is 2.98. The number of nitrogens with zero attached hydrogens (tertiary/aromatic N) is 1. The van der Waals surface area contributed by atoms with Crippen LogP contribution in [0.4, 0.5) is 0 Å². The highest BCUT2D eigenvalue weighted by Gasteiger charge is 2.26. The Morgan fingerprint density at radius 1 is 1.17 bits per heavy atom. The van der Waals surface area contributed by atoms with Crippen molar-refractivity contribution in [2.75, 3.05) is 26.4 Å². The normalized spacial score (nSPS) is 22.8. The Kier molecular flexibility index (Phi) is 4.38. The molecule has 2 amide bonds. The number of amides is 2. The molecule has 0 bridgehead atoms. The molecule has 2 atom stereocenters. The predicted molar refractivity (Wildman–Crippen MR) is 81.5 cm³/mol. The standard InChI is InChI=1S/C16H20N2O5/c1-10-7-18(8-11(2)23-10)15(19)6-17-16(20)12-3-4-13-14(5-12)22-9-21-13/h3-5,10-11H,6-9H2,1-2H3,(H,17,20)/t10-,11-/m1/s1. The lowest BCUT2D eigenvalue weighted by Crippen LogP contribution is -2.51. The van der Waals surface area contributed by atoms with Crippen molar-refractivity contribution in [3.05, 3.63) is 23.8 Å². The van der Waals surface area contributed by atoms with Gasteiger partial charge >= 0.3 is 0 Å². The Balaban J connectivity index is 1.55. The second-order valence-corrected chi connectivity index (χ2v) is 5.81. The van der Waals surface area contributed by atoms with Gasteiger partial charge in [0.2, 0.25) is 12.7 Å². The molecule has 0 unspecified atom stereocenters. The number of fused-ring (bicyclic) bond motifs is 1. The van der Waals surface area contributed by atoms with Crippen LogP contribution in [0.2, 0.25) is 0 Å². The Morgan fingerprint density at radius 2 is 1.87 bits per heavy atom. The number of benzene rings is 1. The molecule has 1 saturated heterocycles. The lowest BCUT2D eigenvalue weighted by molar-refractivity contribution is -0.142. The van der Waals surface area contributed by atoms with E-state index in [1.165, 1.54) is 0 Å². The summed E-state index contributed by atoms with van der Waals surface area (Å²) in [5.41, 5.74) is 0.436. The second-order valence-electron chi connectivity index (χ2n) is 5.81. The third kappa shape index (κ3) is 3.56. The Hall–Kier alpha value is -2.28. The van der Waals surface area contributed by atoms with Crippen LogP contribution in [0.15, 0.2) is 18.2 Å². The van der Waals surface area contributed by atoms with Crippen molar-refractivity contribution in [3.8, 4) is 11.5 Å². The van der Waals surface area contributed by atoms with Crippen LogP contribution in [0.5, 0.6) is 11.5 Å². The molecule has 1 aromatic carbocycles. The number of rotatable bonds is 3. The summed E-state index contributed by atoms with van der Waals surface area (Å²) in [6.07, 6.45) is 0.0134. The summed E-state index contributed by atoms with van der Waals surface area (Å²) in [4.78, 5) is 26.1. The predicted octanol–water partition coefficient (Wildman–Crippen LogP) is 0.781. The fourth-order valence-electron chi connectivity index (χ4n) is 2.79. The molecule has 2 aliphatic rings. The molecule has 0 aromatic heterocycles. The van der Waals surface area contributed by atoms with Crippen LogP contribution in [-0.4, -0.2) is 55.3 Å². The number of hydrogen-bond donors (Lipinski definition) is 1. The highest BCUT2D eigenvalue weighted by Crippen LogP contribution is 2.32. The van der Waals surface area contributed by atoms with Gasteiger partial charge in [-0.3, -0.25) is 9.59 Å². The van der Waals surface area contributed by atoms with Gasteiger partial charge in [0.15, 0.2) is 11.5 Å². The topological polar surface area (TPSA) is 77.1 Å². The molecule has 0 radical (unpaired) electrons. The molecular weight excluding hydrogens is 300 g/mol. The summed E-state index contributed by atoms with van der Waals surface area (Å²) < 4.78 is 16.0. The first-order valence-electron chi connectivity index (χ1n) is 7.64. The van der Waals surface area contributed by atoms with Crippen molar-refractivity contribution >= 4 is 11.8 Å². The minimum absolute atomic E-state index is 0.00672. The maximum absolute atomic E-state index is 12.2. The van der Waals surface area contributed by atoms with Crippen molar-refractivity contribution in [1.29, 1.82) is 0 Å². The van der Waals surface area contributed by atoms with Crippen molar-refractivity contribution in [2.24, 2.45) is 0 Å². The van der Waals surface area contributed by atoms with Crippen LogP contribution in [0.3, 0.4) is 0 Å². The van der Waals surface area contributed by atoms with E-state index in [0.717, 1.165) is 0 Å². The minimum Gasteiger partial charge on any atom is -0.454 e. The summed E-state index contributed by atoms with van der Waals surface area (Å²) in [6, 6.07) is 4.94. The first-order chi connectivity index (χ1) is 11.0. The zero-order chi connectivity index (χ0) is 16.4. The fraction of sp³-hybridized carbons (Fsp3) is 0.500. The summed E-state index contributed by atoms with van der Waals surface area (Å²) in [5.74, 6) is 0.737. The van der Waals surface area contributed by atoms with Crippen molar-refractivity contribution < 1.29 is 23.8 Å². The van der Waals surface area contributed by atoms with Gasteiger partial charge in [0, 0.05) is 18.7 Å². The number of nitrogens with one attached hydrogen (secondary N) is 1. The van der Waals surface area contributed by atoms with Crippen molar-refractivity contribution in [2.45, 2.75) is 26.1 Å². The number of carbonyl (C=O) groups is 2. The van der Waals surface area contributed by atoms with Crippen LogP contribution < -0.4 is 14.8 Å². The van der Waals surface area contributed by atoms with Gasteiger partial charge in [0.1, 0.15) is 0 Å². The van der Waals surface area contributed by atoms with Gasteiger partial charge in [0.25, 0.3) is 5.91 Å². The van der Waals surface area contributed by atoms with Gasteiger partial charge in [0.05, 0.1) is 18.8 Å². The highest BCUT2D eigenvalue weighted by atomic mass is 16.7. The quantitative estimate of drug-likeness (QED) is 0.890. The number of ether oxygens (including phenoxy) is 3. The fourth-order valence-corrected chi connectivity index (χ4v) is 2.79. The van der Waals surface area contributed by atoms with Crippen LogP contribution >= 0.6 is 0 Å². The molecule has 7 nitrogen and oxygen atoms in total. The third-order valence-corrected chi connectivity index (χ3v) is 3.81. The van der Waals surface area contributed by atoms with Gasteiger partial charge in [-0.2, -0.15) is 0 Å². The third-order valence-electron chi connectivity index (χ3n) is 3.81. The summed E-state index contributed by atoms with van der Waals surface area (Å²) in [5, 5.41) is 2.65. The number of morpholine rings is 1. The average molecular weight is 320 g/mol. The van der Waals surface area contributed by atoms with Crippen LogP contribution in [0.1, 0.15) is 24.2 Å². The molecule has 1 fully saturated rings. The van der Waals surface area contributed by atoms with E-state index in [1.54, 1.807) is 23.1 Å². The summed E-state index contributed by atoms with van der Waals surface area (Å²) in [6.45, 7) is 5.08. The van der Waals surface area contributed by atoms with Crippen molar-refractivity contribution in [3.63, 3.8) is 0 Å². The maximum Gasteiger partial charge on any atom is 0.251 e. The Morgan fingerprint density at radius 3 is 2.61 bits per heavy atom. The molecule has 0 saturated carbocycles. The van der Waals surface area contributed by atoms with E-state index in [2.05, 4.69) is 5.32 Å². The first kappa shape index (κ1) is 15.6. The summed E-state index contributed by atoms with van der Waals surface area (Å²) in [7, 11) is 0. The van der Waals surface area contributed by atoms with Gasteiger partial charge < -0.3 is 24.4 Å². The molecule has 124 valence electrons. The zero-order valence-electron chi connectivity index (χ0n) is 13.2. The van der Waals surface area contributed by atoms with E-state index in [9.17, 15) is 9.59 Å². The van der Waals surface area contributed by atoms with E-state index < -0.39 is 0 Å². The maximum atomic E-state index is 12.2. The minimum atomic E-state index is -0.314. The van der Waals surface area contributed by atoms with Gasteiger partial charge in [-0.15, -0.1) is 0 Å². The first-order valence-corrected chi connectivity index (χ1v) is 7.64. The Labute approximate surface area is 134 Å². The van der Waals surface area contributed by atoms with Gasteiger partial charge in [-0.1, -0.05) is 0 Å². The molecule has 23 heavy (non-hydrogen) atoms. The molecule has 2 heterocycles. The van der Waals surface area contributed by atoms with Crippen LogP contribution in [-0.2, 0) is 9.53 Å². The number of carbonyl (C=O) groups excluding carboxylic acids is 2. The van der Waals surface area contributed by atoms with Crippen LogP contribution in [0, 0.1) is 0 Å². The van der Waals surface area contributed by atoms with E-state index in [0.29, 0.717) is 30.2 Å². The number of hydrogen-bond acceptors (Lipinski definition) is 5. The van der Waals surface area contributed by atoms with E-state index in [4.69, 9.17) is 14.2 Å². The monoisotopic (exact) mass is 320 g/mol. The van der Waals surface area contributed by atoms with Crippen molar-refractivity contribution in [1.82, 2.24) is 10.2 Å². The van der Waals surface area contributed by atoms with E-state index in [1.807, 2.05) is 13.8 Å². The lowest BCUT2D eigenvalue weighted by atomic mass is 10.2. The Bertz CT molecular complexity index is 608. The molecule has 0 aliphatic carbocycles. The van der Waals surface area contributed by atoms with Gasteiger partial charge in [-0.05, 0) is 32.0 Å². The van der Waals surface area contributed by atoms with E-state index in [-0.39, 0.29) is 37.4 Å². The molecule has 0 spiro atoms. The molecule has 7 heteroatoms. The van der Waals surface area contributed by atoms with E-state index >= 15 is 0 Å². The summed E-state index contributed by atoms with van der Waals surface area (Å²) >= 11 is 0. The SMILES string of the molecule is C[C@@H]1CN(C(=O)CNC(=O)c2ccc3c(c2)OCO3)C[C@@H](C)O1. The lowest BCUT2D eigenvalue weighted by Gasteiger charge is -2.35. The smallest absolute Gasteiger partial charge is 0.251 e. The molecule has 2 aliphatic heterocycles. The largest absolute Gasteiger partial charge is 0.454 e. The molecular formula is C16H20N2O5. The van der Waals surface area contributed by atoms with Crippen LogP contribution in [0.25, 0.3) is 0 Å².